The first-order valence-corrected chi connectivity index (χ1v) is 11.3. The number of carbonyl (C=O) groups excluding carboxylic acids is 1. The highest BCUT2D eigenvalue weighted by molar-refractivity contribution is 7.91. The number of amides is 1. The number of nitrogens with zero attached hydrogens (tertiary/aromatic N) is 1. The molecule has 0 N–H and O–H groups in total. The monoisotopic (exact) mass is 413 g/mol. The Labute approximate surface area is 162 Å². The predicted octanol–water partition coefficient (Wildman–Crippen LogP) is 3.30. The minimum Gasteiger partial charge on any atom is -0.483 e. The maximum absolute atomic E-state index is 12.8. The molecule has 140 valence electrons. The third-order valence-electron chi connectivity index (χ3n) is 4.36. The van der Waals surface area contributed by atoms with Gasteiger partial charge < -0.3 is 9.64 Å². The molecule has 1 aromatic carbocycles. The van der Waals surface area contributed by atoms with E-state index in [1.807, 2.05) is 24.4 Å². The fourth-order valence-corrected chi connectivity index (χ4v) is 5.67. The topological polar surface area (TPSA) is 63.7 Å². The van der Waals surface area contributed by atoms with Crippen LogP contribution in [0.3, 0.4) is 0 Å². The van der Waals surface area contributed by atoms with E-state index >= 15 is 0 Å². The zero-order valence-corrected chi connectivity index (χ0v) is 16.7. The van der Waals surface area contributed by atoms with E-state index in [4.69, 9.17) is 16.3 Å². The third kappa shape index (κ3) is 4.78. The van der Waals surface area contributed by atoms with Gasteiger partial charge in [-0.25, -0.2) is 8.42 Å². The fraction of sp³-hybridized carbons (Fsp3) is 0.389. The Bertz CT molecular complexity index is 881. The smallest absolute Gasteiger partial charge is 0.261 e. The van der Waals surface area contributed by atoms with Gasteiger partial charge >= 0.3 is 0 Å². The van der Waals surface area contributed by atoms with E-state index in [1.165, 1.54) is 0 Å². The van der Waals surface area contributed by atoms with Crippen molar-refractivity contribution in [3.63, 3.8) is 0 Å². The van der Waals surface area contributed by atoms with Crippen molar-refractivity contribution >= 4 is 38.7 Å². The summed E-state index contributed by atoms with van der Waals surface area (Å²) in [4.78, 5) is 15.5. The van der Waals surface area contributed by atoms with Gasteiger partial charge in [0.2, 0.25) is 0 Å². The van der Waals surface area contributed by atoms with E-state index in [0.717, 1.165) is 10.4 Å². The van der Waals surface area contributed by atoms with E-state index in [1.54, 1.807) is 34.4 Å². The van der Waals surface area contributed by atoms with Crippen molar-refractivity contribution in [1.82, 2.24) is 4.90 Å². The summed E-state index contributed by atoms with van der Waals surface area (Å²) >= 11 is 7.48. The molecule has 0 spiro atoms. The van der Waals surface area contributed by atoms with Crippen LogP contribution in [0.1, 0.15) is 16.9 Å². The zero-order valence-electron chi connectivity index (χ0n) is 14.4. The molecule has 5 nitrogen and oxygen atoms in total. The van der Waals surface area contributed by atoms with Crippen LogP contribution in [0.15, 0.2) is 35.7 Å². The van der Waals surface area contributed by atoms with Crippen LogP contribution in [0.25, 0.3) is 0 Å². The number of rotatable bonds is 6. The minimum atomic E-state index is -3.08. The number of benzene rings is 1. The summed E-state index contributed by atoms with van der Waals surface area (Å²) in [5.41, 5.74) is 0.846. The molecule has 8 heteroatoms. The number of aryl methyl sites for hydroxylation is 1. The lowest BCUT2D eigenvalue weighted by Crippen LogP contribution is -2.42. The molecule has 0 saturated carbocycles. The van der Waals surface area contributed by atoms with Gasteiger partial charge in [0, 0.05) is 15.9 Å². The lowest BCUT2D eigenvalue weighted by molar-refractivity contribution is -0.135. The first kappa shape index (κ1) is 19.2. The first-order valence-electron chi connectivity index (χ1n) is 8.25. The van der Waals surface area contributed by atoms with Crippen molar-refractivity contribution < 1.29 is 17.9 Å². The van der Waals surface area contributed by atoms with Crippen molar-refractivity contribution in [3.8, 4) is 5.75 Å². The molecule has 1 fully saturated rings. The van der Waals surface area contributed by atoms with E-state index in [9.17, 15) is 13.2 Å². The molecule has 2 aromatic rings. The van der Waals surface area contributed by atoms with Crippen LogP contribution in [0.2, 0.25) is 5.02 Å². The van der Waals surface area contributed by atoms with Crippen LogP contribution in [0, 0.1) is 6.92 Å². The number of ether oxygens (including phenoxy) is 1. The Morgan fingerprint density at radius 2 is 2.19 bits per heavy atom. The number of sulfone groups is 1. The minimum absolute atomic E-state index is 0.0179. The molecule has 1 aromatic heterocycles. The Balaban J connectivity index is 1.71. The molecule has 1 amide bonds. The summed E-state index contributed by atoms with van der Waals surface area (Å²) in [5, 5.41) is 2.55. The highest BCUT2D eigenvalue weighted by atomic mass is 35.5. The lowest BCUT2D eigenvalue weighted by atomic mass is 10.2. The molecule has 1 atom stereocenters. The Kier molecular flexibility index (Phi) is 5.89. The van der Waals surface area contributed by atoms with Crippen LogP contribution < -0.4 is 4.74 Å². The second-order valence-corrected chi connectivity index (χ2v) is 10.1. The van der Waals surface area contributed by atoms with Gasteiger partial charge in [-0.05, 0) is 48.6 Å². The molecular formula is C18H20ClNO4S2. The van der Waals surface area contributed by atoms with Crippen molar-refractivity contribution in [1.29, 1.82) is 0 Å². The van der Waals surface area contributed by atoms with Gasteiger partial charge in [-0.15, -0.1) is 11.3 Å². The molecule has 1 aliphatic rings. The van der Waals surface area contributed by atoms with Crippen molar-refractivity contribution in [2.45, 2.75) is 25.9 Å². The van der Waals surface area contributed by atoms with Crippen molar-refractivity contribution in [3.05, 3.63) is 51.2 Å². The number of carbonyl (C=O) groups is 1. The number of hydrogen-bond acceptors (Lipinski definition) is 5. The lowest BCUT2D eigenvalue weighted by Gasteiger charge is -2.28. The number of halogens is 1. The van der Waals surface area contributed by atoms with Gasteiger partial charge in [0.1, 0.15) is 5.75 Å². The molecule has 0 unspecified atom stereocenters. The van der Waals surface area contributed by atoms with Gasteiger partial charge in [0.05, 0.1) is 18.1 Å². The van der Waals surface area contributed by atoms with Crippen molar-refractivity contribution in [2.24, 2.45) is 0 Å². The quantitative estimate of drug-likeness (QED) is 0.728. The largest absolute Gasteiger partial charge is 0.483 e. The molecule has 0 aliphatic carbocycles. The number of thiophene rings is 1. The van der Waals surface area contributed by atoms with Crippen LogP contribution in [0.5, 0.6) is 5.75 Å². The standard InChI is InChI=1S/C18H20ClNO4S2/c1-13-9-14(19)4-5-17(13)24-11-18(21)20(10-16-3-2-7-25-16)15-6-8-26(22,23)12-15/h2-5,7,9,15H,6,8,10-12H2,1H3/t15-/m0/s1. The van der Waals surface area contributed by atoms with Gasteiger partial charge in [-0.3, -0.25) is 4.79 Å². The summed E-state index contributed by atoms with van der Waals surface area (Å²) < 4.78 is 29.4. The summed E-state index contributed by atoms with van der Waals surface area (Å²) in [6.07, 6.45) is 0.472. The van der Waals surface area contributed by atoms with Crippen LogP contribution in [-0.2, 0) is 21.2 Å². The normalized spacial score (nSPS) is 18.6. The van der Waals surface area contributed by atoms with E-state index in [0.29, 0.717) is 23.7 Å². The molecule has 0 bridgehead atoms. The highest BCUT2D eigenvalue weighted by Gasteiger charge is 2.35. The van der Waals surface area contributed by atoms with Gasteiger partial charge in [-0.1, -0.05) is 17.7 Å². The second-order valence-electron chi connectivity index (χ2n) is 6.36. The average molecular weight is 414 g/mol. The molecule has 26 heavy (non-hydrogen) atoms. The highest BCUT2D eigenvalue weighted by Crippen LogP contribution is 2.24. The van der Waals surface area contributed by atoms with Crippen molar-refractivity contribution in [2.75, 3.05) is 18.1 Å². The van der Waals surface area contributed by atoms with E-state index < -0.39 is 9.84 Å². The molecule has 2 heterocycles. The predicted molar refractivity (Wildman–Crippen MR) is 104 cm³/mol. The Morgan fingerprint density at radius 3 is 2.81 bits per heavy atom. The third-order valence-corrected chi connectivity index (χ3v) is 7.21. The SMILES string of the molecule is Cc1cc(Cl)ccc1OCC(=O)N(Cc1cccs1)[C@H]1CCS(=O)(=O)C1. The first-order chi connectivity index (χ1) is 12.3. The maximum Gasteiger partial charge on any atom is 0.261 e. The average Bonchev–Trinajstić information content (AvgIpc) is 3.20. The molecule has 3 rings (SSSR count). The van der Waals surface area contributed by atoms with E-state index in [-0.39, 0.29) is 30.1 Å². The van der Waals surface area contributed by atoms with Gasteiger partial charge in [0.25, 0.3) is 5.91 Å². The van der Waals surface area contributed by atoms with Crippen LogP contribution in [0.4, 0.5) is 0 Å². The zero-order chi connectivity index (χ0) is 18.7. The maximum atomic E-state index is 12.8. The van der Waals surface area contributed by atoms with Gasteiger partial charge in [-0.2, -0.15) is 0 Å². The molecule has 0 radical (unpaired) electrons. The molecule has 1 aliphatic heterocycles. The summed E-state index contributed by atoms with van der Waals surface area (Å²) in [6, 6.07) is 8.77. The van der Waals surface area contributed by atoms with Gasteiger partial charge in [0.15, 0.2) is 16.4 Å². The summed E-state index contributed by atoms with van der Waals surface area (Å²) in [5.74, 6) is 0.528. The number of hydrogen-bond donors (Lipinski definition) is 0. The molecule has 1 saturated heterocycles. The van der Waals surface area contributed by atoms with Crippen LogP contribution in [-0.4, -0.2) is 43.4 Å². The summed E-state index contributed by atoms with van der Waals surface area (Å²) in [7, 11) is -3.08. The fourth-order valence-electron chi connectivity index (χ4n) is 3.01. The Morgan fingerprint density at radius 1 is 1.38 bits per heavy atom. The molecular weight excluding hydrogens is 394 g/mol. The van der Waals surface area contributed by atoms with E-state index in [2.05, 4.69) is 0 Å². The Hall–Kier alpha value is -1.57. The summed E-state index contributed by atoms with van der Waals surface area (Å²) in [6.45, 7) is 2.13. The second kappa shape index (κ2) is 7.98. The van der Waals surface area contributed by atoms with Crippen LogP contribution >= 0.6 is 22.9 Å².